The van der Waals surface area contributed by atoms with Crippen molar-refractivity contribution >= 4 is 11.8 Å². The predicted octanol–water partition coefficient (Wildman–Crippen LogP) is 1.18. The lowest BCUT2D eigenvalue weighted by atomic mass is 9.96. The summed E-state index contributed by atoms with van der Waals surface area (Å²) in [5.41, 5.74) is 0.481. The third kappa shape index (κ3) is 4.20. The number of amides is 2. The Bertz CT molecular complexity index is 705. The number of piperazine rings is 1. The van der Waals surface area contributed by atoms with Crippen LogP contribution in [0.15, 0.2) is 24.3 Å². The Balaban J connectivity index is 1.34. The molecule has 4 rings (SSSR count). The second-order valence-corrected chi connectivity index (χ2v) is 8.11. The number of benzene rings is 1. The summed E-state index contributed by atoms with van der Waals surface area (Å²) in [5.74, 6) is -0.400. The number of hydrogen-bond donors (Lipinski definition) is 1. The standard InChI is InChI=1S/C21H29FN4O2/c22-18-5-3-16(4-6-18)20(27)25-10-1-2-17(14-25)21(28)26-11-7-19(15-26)24-12-8-23-9-13-24/h3-6,17,19,23H,1-2,7-15H2. The van der Waals surface area contributed by atoms with Gasteiger partial charge >= 0.3 is 0 Å². The van der Waals surface area contributed by atoms with Crippen molar-refractivity contribution < 1.29 is 14.0 Å². The molecule has 0 radical (unpaired) electrons. The monoisotopic (exact) mass is 388 g/mol. The third-order valence-electron chi connectivity index (χ3n) is 6.29. The van der Waals surface area contributed by atoms with Gasteiger partial charge in [-0.05, 0) is 43.5 Å². The summed E-state index contributed by atoms with van der Waals surface area (Å²) in [4.78, 5) is 32.1. The van der Waals surface area contributed by atoms with Crippen LogP contribution in [0.5, 0.6) is 0 Å². The minimum absolute atomic E-state index is 0.113. The highest BCUT2D eigenvalue weighted by molar-refractivity contribution is 5.94. The van der Waals surface area contributed by atoms with Crippen molar-refractivity contribution in [1.82, 2.24) is 20.0 Å². The van der Waals surface area contributed by atoms with Crippen molar-refractivity contribution in [1.29, 1.82) is 0 Å². The average molecular weight is 388 g/mol. The minimum Gasteiger partial charge on any atom is -0.341 e. The van der Waals surface area contributed by atoms with E-state index in [-0.39, 0.29) is 23.5 Å². The molecule has 3 heterocycles. The topological polar surface area (TPSA) is 55.9 Å². The van der Waals surface area contributed by atoms with E-state index in [0.29, 0.717) is 24.7 Å². The summed E-state index contributed by atoms with van der Waals surface area (Å²) in [6, 6.07) is 6.11. The van der Waals surface area contributed by atoms with Crippen LogP contribution in [-0.2, 0) is 4.79 Å². The number of nitrogens with one attached hydrogen (secondary N) is 1. The Morgan fingerprint density at radius 1 is 0.929 bits per heavy atom. The molecule has 152 valence electrons. The smallest absolute Gasteiger partial charge is 0.253 e. The predicted molar refractivity (Wildman–Crippen MR) is 104 cm³/mol. The Hall–Kier alpha value is -1.99. The second-order valence-electron chi connectivity index (χ2n) is 8.11. The van der Waals surface area contributed by atoms with E-state index >= 15 is 0 Å². The van der Waals surface area contributed by atoms with Gasteiger partial charge in [-0.25, -0.2) is 4.39 Å². The molecule has 2 amide bonds. The highest BCUT2D eigenvalue weighted by Crippen LogP contribution is 2.24. The first-order valence-electron chi connectivity index (χ1n) is 10.4. The van der Waals surface area contributed by atoms with Crippen LogP contribution in [0, 0.1) is 11.7 Å². The fourth-order valence-electron chi connectivity index (χ4n) is 4.68. The highest BCUT2D eigenvalue weighted by Gasteiger charge is 2.36. The van der Waals surface area contributed by atoms with Gasteiger partial charge in [-0.2, -0.15) is 0 Å². The van der Waals surface area contributed by atoms with Gasteiger partial charge in [0.1, 0.15) is 5.82 Å². The maximum absolute atomic E-state index is 13.1. The average Bonchev–Trinajstić information content (AvgIpc) is 3.24. The molecule has 0 saturated carbocycles. The Morgan fingerprint density at radius 2 is 1.68 bits per heavy atom. The largest absolute Gasteiger partial charge is 0.341 e. The van der Waals surface area contributed by atoms with Gasteiger partial charge in [-0.1, -0.05) is 0 Å². The SMILES string of the molecule is O=C(c1ccc(F)cc1)N1CCCC(C(=O)N2CCC(N3CCNCC3)C2)C1. The maximum atomic E-state index is 13.1. The minimum atomic E-state index is -0.351. The summed E-state index contributed by atoms with van der Waals surface area (Å²) in [6.07, 6.45) is 2.70. The van der Waals surface area contributed by atoms with Crippen molar-refractivity contribution in [3.63, 3.8) is 0 Å². The van der Waals surface area contributed by atoms with Crippen LogP contribution in [0.3, 0.4) is 0 Å². The van der Waals surface area contributed by atoms with Gasteiger partial charge in [-0.15, -0.1) is 0 Å². The second kappa shape index (κ2) is 8.57. The maximum Gasteiger partial charge on any atom is 0.253 e. The molecule has 7 heteroatoms. The van der Waals surface area contributed by atoms with Gasteiger partial charge in [0.05, 0.1) is 5.92 Å². The zero-order valence-electron chi connectivity index (χ0n) is 16.3. The van der Waals surface area contributed by atoms with E-state index in [1.165, 1.54) is 24.3 Å². The number of carbonyl (C=O) groups is 2. The first kappa shape index (κ1) is 19.3. The molecule has 6 nitrogen and oxygen atoms in total. The van der Waals surface area contributed by atoms with Gasteiger partial charge in [-0.3, -0.25) is 14.5 Å². The van der Waals surface area contributed by atoms with Gasteiger partial charge in [0.2, 0.25) is 5.91 Å². The zero-order valence-corrected chi connectivity index (χ0v) is 16.3. The van der Waals surface area contributed by atoms with Gasteiger partial charge < -0.3 is 15.1 Å². The number of piperidine rings is 1. The van der Waals surface area contributed by atoms with Crippen molar-refractivity contribution in [2.45, 2.75) is 25.3 Å². The Labute approximate surface area is 165 Å². The van der Waals surface area contributed by atoms with E-state index in [1.54, 1.807) is 4.90 Å². The fraction of sp³-hybridized carbons (Fsp3) is 0.619. The van der Waals surface area contributed by atoms with E-state index in [2.05, 4.69) is 10.2 Å². The third-order valence-corrected chi connectivity index (χ3v) is 6.29. The van der Waals surface area contributed by atoms with Crippen LogP contribution in [0.4, 0.5) is 4.39 Å². The molecule has 3 aliphatic heterocycles. The normalized spacial score (nSPS) is 26.5. The van der Waals surface area contributed by atoms with Gasteiger partial charge in [0.15, 0.2) is 0 Å². The van der Waals surface area contributed by atoms with Gasteiger partial charge in [0, 0.05) is 64.0 Å². The number of likely N-dealkylation sites (tertiary alicyclic amines) is 2. The van der Waals surface area contributed by atoms with Gasteiger partial charge in [0.25, 0.3) is 5.91 Å². The number of rotatable bonds is 3. The van der Waals surface area contributed by atoms with E-state index in [9.17, 15) is 14.0 Å². The molecular formula is C21H29FN4O2. The lowest BCUT2D eigenvalue weighted by molar-refractivity contribution is -0.136. The van der Waals surface area contributed by atoms with Crippen molar-refractivity contribution in [3.8, 4) is 0 Å². The number of hydrogen-bond acceptors (Lipinski definition) is 4. The molecule has 3 fully saturated rings. The molecule has 1 aromatic carbocycles. The van der Waals surface area contributed by atoms with Crippen molar-refractivity contribution in [2.75, 3.05) is 52.4 Å². The Kier molecular flexibility index (Phi) is 5.92. The van der Waals surface area contributed by atoms with Crippen LogP contribution < -0.4 is 5.32 Å². The van der Waals surface area contributed by atoms with Crippen molar-refractivity contribution in [2.24, 2.45) is 5.92 Å². The fourth-order valence-corrected chi connectivity index (χ4v) is 4.68. The lowest BCUT2D eigenvalue weighted by Crippen LogP contribution is -2.50. The number of carbonyl (C=O) groups excluding carboxylic acids is 2. The first-order chi connectivity index (χ1) is 13.6. The summed E-state index contributed by atoms with van der Waals surface area (Å²) in [6.45, 7) is 6.89. The van der Waals surface area contributed by atoms with Crippen LogP contribution in [0.25, 0.3) is 0 Å². The lowest BCUT2D eigenvalue weighted by Gasteiger charge is -2.35. The molecule has 0 aromatic heterocycles. The molecule has 3 saturated heterocycles. The summed E-state index contributed by atoms with van der Waals surface area (Å²) in [5, 5.41) is 3.38. The molecule has 1 N–H and O–H groups in total. The Morgan fingerprint density at radius 3 is 2.43 bits per heavy atom. The number of nitrogens with zero attached hydrogens (tertiary/aromatic N) is 3. The molecule has 2 atom stereocenters. The van der Waals surface area contributed by atoms with E-state index in [4.69, 9.17) is 0 Å². The van der Waals surface area contributed by atoms with E-state index in [1.807, 2.05) is 4.90 Å². The highest BCUT2D eigenvalue weighted by atomic mass is 19.1. The molecule has 28 heavy (non-hydrogen) atoms. The molecule has 0 spiro atoms. The van der Waals surface area contributed by atoms with Crippen molar-refractivity contribution in [3.05, 3.63) is 35.6 Å². The van der Waals surface area contributed by atoms with Crippen LogP contribution in [-0.4, -0.2) is 84.9 Å². The zero-order chi connectivity index (χ0) is 19.5. The molecule has 3 aliphatic rings. The van der Waals surface area contributed by atoms with Crippen LogP contribution >= 0.6 is 0 Å². The summed E-state index contributed by atoms with van der Waals surface area (Å²) < 4.78 is 13.1. The first-order valence-corrected chi connectivity index (χ1v) is 10.4. The number of halogens is 1. The molecular weight excluding hydrogens is 359 g/mol. The summed E-state index contributed by atoms with van der Waals surface area (Å²) in [7, 11) is 0. The quantitative estimate of drug-likeness (QED) is 0.845. The molecule has 0 bridgehead atoms. The molecule has 1 aromatic rings. The van der Waals surface area contributed by atoms with Crippen LogP contribution in [0.2, 0.25) is 0 Å². The van der Waals surface area contributed by atoms with E-state index in [0.717, 1.165) is 58.5 Å². The molecule has 2 unspecified atom stereocenters. The van der Waals surface area contributed by atoms with E-state index < -0.39 is 0 Å². The molecule has 0 aliphatic carbocycles. The van der Waals surface area contributed by atoms with Crippen LogP contribution in [0.1, 0.15) is 29.6 Å². The summed E-state index contributed by atoms with van der Waals surface area (Å²) >= 11 is 0.